The third-order valence-electron chi connectivity index (χ3n) is 3.81. The summed E-state index contributed by atoms with van der Waals surface area (Å²) in [6.07, 6.45) is 0. The zero-order valence-corrected chi connectivity index (χ0v) is 15.6. The van der Waals surface area contributed by atoms with Gasteiger partial charge in [0.05, 0.1) is 18.5 Å². The fourth-order valence-corrected chi connectivity index (χ4v) is 3.22. The number of halogens is 1. The van der Waals surface area contributed by atoms with Gasteiger partial charge in [-0.05, 0) is 25.1 Å². The number of hydrogen-bond acceptors (Lipinski definition) is 6. The number of aromatic nitrogens is 2. The molecule has 0 saturated carbocycles. The first-order valence-electron chi connectivity index (χ1n) is 7.97. The number of ether oxygens (including phenoxy) is 1. The Balaban J connectivity index is 1.82. The van der Waals surface area contributed by atoms with Crippen molar-refractivity contribution < 1.29 is 18.4 Å². The highest BCUT2D eigenvalue weighted by atomic mass is 32.1. The van der Waals surface area contributed by atoms with E-state index in [1.54, 1.807) is 18.4 Å². The molecule has 3 aromatic rings. The summed E-state index contributed by atoms with van der Waals surface area (Å²) in [7, 11) is 1.41. The van der Waals surface area contributed by atoms with Crippen molar-refractivity contribution in [1.29, 1.82) is 0 Å². The van der Waals surface area contributed by atoms with Crippen LogP contribution in [0, 0.1) is 12.7 Å². The van der Waals surface area contributed by atoms with Crippen molar-refractivity contribution in [1.82, 2.24) is 10.1 Å². The third-order valence-corrected chi connectivity index (χ3v) is 4.57. The zero-order valence-electron chi connectivity index (χ0n) is 14.8. The number of anilines is 1. The molecule has 0 saturated heterocycles. The quantitative estimate of drug-likeness (QED) is 0.703. The first-order valence-corrected chi connectivity index (χ1v) is 8.85. The van der Waals surface area contributed by atoms with Crippen molar-refractivity contribution in [2.24, 2.45) is 0 Å². The Hall–Kier alpha value is -2.74. The van der Waals surface area contributed by atoms with Gasteiger partial charge in [0.1, 0.15) is 5.56 Å². The van der Waals surface area contributed by atoms with Gasteiger partial charge in [-0.25, -0.2) is 9.37 Å². The van der Waals surface area contributed by atoms with Crippen LogP contribution in [0.15, 0.2) is 28.1 Å². The number of amides is 1. The molecule has 0 fully saturated rings. The van der Waals surface area contributed by atoms with Crippen LogP contribution in [-0.2, 0) is 0 Å². The summed E-state index contributed by atoms with van der Waals surface area (Å²) < 4.78 is 24.0. The summed E-state index contributed by atoms with van der Waals surface area (Å²) >= 11 is 1.26. The number of aryl methyl sites for hydroxylation is 1. The van der Waals surface area contributed by atoms with E-state index in [1.165, 1.54) is 30.6 Å². The molecule has 1 N–H and O–H groups in total. The van der Waals surface area contributed by atoms with Gasteiger partial charge in [0.25, 0.3) is 5.91 Å². The molecule has 2 heterocycles. The number of hydrogen-bond donors (Lipinski definition) is 1. The molecule has 1 aromatic carbocycles. The van der Waals surface area contributed by atoms with Gasteiger partial charge >= 0.3 is 0 Å². The molecule has 0 atom stereocenters. The summed E-state index contributed by atoms with van der Waals surface area (Å²) in [6.45, 7) is 5.57. The van der Waals surface area contributed by atoms with Crippen molar-refractivity contribution in [3.8, 4) is 17.0 Å². The van der Waals surface area contributed by atoms with Crippen LogP contribution in [0.2, 0.25) is 0 Å². The number of thiazole rings is 1. The van der Waals surface area contributed by atoms with Gasteiger partial charge in [0, 0.05) is 16.9 Å². The molecule has 1 amide bonds. The van der Waals surface area contributed by atoms with Crippen LogP contribution in [-0.4, -0.2) is 23.2 Å². The molecule has 0 aliphatic rings. The van der Waals surface area contributed by atoms with Crippen molar-refractivity contribution in [3.63, 3.8) is 0 Å². The van der Waals surface area contributed by atoms with Crippen LogP contribution in [0.25, 0.3) is 11.3 Å². The van der Waals surface area contributed by atoms with Gasteiger partial charge in [0.2, 0.25) is 0 Å². The van der Waals surface area contributed by atoms with Crippen LogP contribution in [0.5, 0.6) is 5.75 Å². The average molecular weight is 375 g/mol. The molecule has 0 aliphatic heterocycles. The minimum atomic E-state index is -0.467. The lowest BCUT2D eigenvalue weighted by Gasteiger charge is -2.05. The zero-order chi connectivity index (χ0) is 18.8. The molecule has 0 bridgehead atoms. The molecule has 6 nitrogen and oxygen atoms in total. The van der Waals surface area contributed by atoms with E-state index in [1.807, 2.05) is 13.8 Å². The van der Waals surface area contributed by atoms with Crippen molar-refractivity contribution >= 4 is 22.4 Å². The number of methoxy groups -OCH3 is 1. The Morgan fingerprint density at radius 2 is 2.15 bits per heavy atom. The maximum Gasteiger partial charge on any atom is 0.262 e. The lowest BCUT2D eigenvalue weighted by Crippen LogP contribution is -2.14. The van der Waals surface area contributed by atoms with E-state index in [2.05, 4.69) is 15.5 Å². The van der Waals surface area contributed by atoms with E-state index in [4.69, 9.17) is 9.26 Å². The smallest absolute Gasteiger partial charge is 0.262 e. The van der Waals surface area contributed by atoms with E-state index in [0.717, 1.165) is 0 Å². The molecule has 2 aromatic heterocycles. The number of rotatable bonds is 5. The summed E-state index contributed by atoms with van der Waals surface area (Å²) in [5.41, 5.74) is 2.12. The first kappa shape index (κ1) is 18.1. The molecule has 0 aliphatic carbocycles. The monoisotopic (exact) mass is 375 g/mol. The summed E-state index contributed by atoms with van der Waals surface area (Å²) in [5, 5.41) is 8.79. The number of benzene rings is 1. The van der Waals surface area contributed by atoms with Gasteiger partial charge in [-0.2, -0.15) is 0 Å². The van der Waals surface area contributed by atoms with Crippen LogP contribution in [0.3, 0.4) is 0 Å². The van der Waals surface area contributed by atoms with Crippen LogP contribution in [0.4, 0.5) is 9.52 Å². The number of nitrogens with one attached hydrogen (secondary N) is 1. The largest absolute Gasteiger partial charge is 0.494 e. The Morgan fingerprint density at radius 1 is 1.38 bits per heavy atom. The van der Waals surface area contributed by atoms with E-state index in [0.29, 0.717) is 33.4 Å². The molecule has 26 heavy (non-hydrogen) atoms. The summed E-state index contributed by atoms with van der Waals surface area (Å²) in [4.78, 5) is 16.9. The fourth-order valence-electron chi connectivity index (χ4n) is 2.51. The van der Waals surface area contributed by atoms with Crippen molar-refractivity contribution in [2.45, 2.75) is 26.7 Å². The topological polar surface area (TPSA) is 77.2 Å². The highest BCUT2D eigenvalue weighted by Crippen LogP contribution is 2.29. The van der Waals surface area contributed by atoms with E-state index < -0.39 is 5.82 Å². The molecule has 0 radical (unpaired) electrons. The SMILES string of the molecule is COc1ccc(-c2csc(NC(=O)c3c(C)noc3C(C)C)n2)cc1F. The van der Waals surface area contributed by atoms with Crippen LogP contribution >= 0.6 is 11.3 Å². The number of nitrogens with zero attached hydrogens (tertiary/aromatic N) is 2. The second-order valence-corrected chi connectivity index (χ2v) is 6.86. The Bertz CT molecular complexity index is 949. The summed E-state index contributed by atoms with van der Waals surface area (Å²) in [6, 6.07) is 4.60. The highest BCUT2D eigenvalue weighted by molar-refractivity contribution is 7.14. The fraction of sp³-hybridized carbons (Fsp3) is 0.278. The molecule has 0 spiro atoms. The van der Waals surface area contributed by atoms with Crippen LogP contribution in [0.1, 0.15) is 41.6 Å². The minimum Gasteiger partial charge on any atom is -0.494 e. The second kappa shape index (κ2) is 7.25. The number of carbonyl (C=O) groups is 1. The van der Waals surface area contributed by atoms with E-state index in [9.17, 15) is 9.18 Å². The molecule has 136 valence electrons. The maximum atomic E-state index is 13.9. The third kappa shape index (κ3) is 3.45. The normalized spacial score (nSPS) is 11.0. The van der Waals surface area contributed by atoms with Crippen LogP contribution < -0.4 is 10.1 Å². The first-order chi connectivity index (χ1) is 12.4. The number of carbonyl (C=O) groups excluding carboxylic acids is 1. The minimum absolute atomic E-state index is 0.0334. The molecule has 0 unspecified atom stereocenters. The van der Waals surface area contributed by atoms with Crippen molar-refractivity contribution in [2.75, 3.05) is 12.4 Å². The van der Waals surface area contributed by atoms with Gasteiger partial charge in [-0.15, -0.1) is 11.3 Å². The highest BCUT2D eigenvalue weighted by Gasteiger charge is 2.23. The predicted molar refractivity (Wildman–Crippen MR) is 97.3 cm³/mol. The lowest BCUT2D eigenvalue weighted by atomic mass is 10.0. The Morgan fingerprint density at radius 3 is 2.81 bits per heavy atom. The standard InChI is InChI=1S/C18H18FN3O3S/c1-9(2)16-15(10(3)22-25-16)17(23)21-18-20-13(8-26-18)11-5-6-14(24-4)12(19)7-11/h5-9H,1-4H3,(H,20,21,23). The van der Waals surface area contributed by atoms with Gasteiger partial charge in [0.15, 0.2) is 22.5 Å². The Kier molecular flexibility index (Phi) is 5.03. The summed E-state index contributed by atoms with van der Waals surface area (Å²) in [5.74, 6) is -0.0544. The molecule has 3 rings (SSSR count). The molecular formula is C18H18FN3O3S. The maximum absolute atomic E-state index is 13.9. The van der Waals surface area contributed by atoms with Crippen molar-refractivity contribution in [3.05, 3.63) is 46.4 Å². The second-order valence-electron chi connectivity index (χ2n) is 6.00. The Labute approximate surface area is 154 Å². The van der Waals surface area contributed by atoms with Gasteiger partial charge in [-0.3, -0.25) is 10.1 Å². The molecule has 8 heteroatoms. The van der Waals surface area contributed by atoms with E-state index >= 15 is 0 Å². The predicted octanol–water partition coefficient (Wildman–Crippen LogP) is 4.63. The lowest BCUT2D eigenvalue weighted by molar-refractivity contribution is 0.102. The van der Waals surface area contributed by atoms with E-state index in [-0.39, 0.29) is 17.6 Å². The van der Waals surface area contributed by atoms with Gasteiger partial charge < -0.3 is 9.26 Å². The average Bonchev–Trinajstić information content (AvgIpc) is 3.21. The molecular weight excluding hydrogens is 357 g/mol. The van der Waals surface area contributed by atoms with Gasteiger partial charge in [-0.1, -0.05) is 19.0 Å².